The van der Waals surface area contributed by atoms with Crippen LogP contribution >= 0.6 is 0 Å². The van der Waals surface area contributed by atoms with Crippen LogP contribution < -0.4 is 0 Å². The molecule has 62 valence electrons. The Morgan fingerprint density at radius 2 is 2.27 bits per heavy atom. The Hall–Kier alpha value is -0.900. The third-order valence-corrected chi connectivity index (χ3v) is 1.87. The Balaban J connectivity index is 2.39. The number of amides is 1. The van der Waals surface area contributed by atoms with E-state index >= 15 is 0 Å². The van der Waals surface area contributed by atoms with Crippen LogP contribution in [0.5, 0.6) is 0 Å². The molecule has 0 aromatic rings. The van der Waals surface area contributed by atoms with Crippen LogP contribution in [-0.2, 0) is 9.59 Å². The van der Waals surface area contributed by atoms with Crippen molar-refractivity contribution in [3.63, 3.8) is 0 Å². The molecule has 0 N–H and O–H groups in total. The van der Waals surface area contributed by atoms with Gasteiger partial charge in [0.2, 0.25) is 5.91 Å². The fraction of sp³-hybridized carbons (Fsp3) is 0.714. The van der Waals surface area contributed by atoms with Crippen molar-refractivity contribution in [3.05, 3.63) is 0 Å². The van der Waals surface area contributed by atoms with E-state index in [2.05, 4.69) is 0 Å². The highest BCUT2D eigenvalue weighted by Gasteiger charge is 2.19. The van der Waals surface area contributed by atoms with E-state index in [4.69, 9.17) is 0 Å². The van der Waals surface area contributed by atoms with Crippen molar-refractivity contribution in [1.29, 1.82) is 0 Å². The zero-order valence-corrected chi connectivity index (χ0v) is 6.62. The van der Waals surface area contributed by atoms with Crippen LogP contribution in [0, 0.1) is 0 Å². The highest BCUT2D eigenvalue weighted by molar-refractivity contribution is 5.79. The predicted molar refractivity (Wildman–Crippen MR) is 40.1 cm³/mol. The van der Waals surface area contributed by atoms with Gasteiger partial charge >= 0.3 is 0 Å². The number of nitrogens with zero attached hydrogens (tertiary/aromatic N) is 2. The predicted octanol–water partition coefficient (Wildman–Crippen LogP) is -1.04. The monoisotopic (exact) mass is 156 g/mol. The minimum Gasteiger partial charge on any atom is -0.343 e. The van der Waals surface area contributed by atoms with Gasteiger partial charge in [0.25, 0.3) is 0 Å². The fourth-order valence-corrected chi connectivity index (χ4v) is 1.07. The third kappa shape index (κ3) is 2.01. The molecule has 0 aliphatic carbocycles. The van der Waals surface area contributed by atoms with Crippen LogP contribution in [0.2, 0.25) is 0 Å². The molecule has 0 atom stereocenters. The summed E-state index contributed by atoms with van der Waals surface area (Å²) in [6.07, 6.45) is 0.832. The fourth-order valence-electron chi connectivity index (χ4n) is 1.07. The van der Waals surface area contributed by atoms with Crippen LogP contribution in [0.4, 0.5) is 0 Å². The smallest absolute Gasteiger partial charge is 0.236 e. The first-order valence-corrected chi connectivity index (χ1v) is 3.64. The number of carbonyl (C=O) groups excluding carboxylic acids is 2. The van der Waals surface area contributed by atoms with Crippen molar-refractivity contribution in [2.24, 2.45) is 0 Å². The molecule has 11 heavy (non-hydrogen) atoms. The van der Waals surface area contributed by atoms with Gasteiger partial charge in [-0.2, -0.15) is 0 Å². The lowest BCUT2D eigenvalue weighted by Gasteiger charge is -2.30. The van der Waals surface area contributed by atoms with Gasteiger partial charge in [-0.3, -0.25) is 9.69 Å². The first-order valence-electron chi connectivity index (χ1n) is 3.64. The lowest BCUT2D eigenvalue weighted by atomic mass is 10.3. The van der Waals surface area contributed by atoms with E-state index in [1.807, 2.05) is 4.90 Å². The number of rotatable bonds is 2. The van der Waals surface area contributed by atoms with E-state index in [1.54, 1.807) is 11.9 Å². The van der Waals surface area contributed by atoms with Crippen molar-refractivity contribution in [2.75, 3.05) is 33.2 Å². The quantitative estimate of drug-likeness (QED) is 0.479. The van der Waals surface area contributed by atoms with Crippen LogP contribution in [0.3, 0.4) is 0 Å². The van der Waals surface area contributed by atoms with Crippen molar-refractivity contribution >= 4 is 12.2 Å². The van der Waals surface area contributed by atoms with Gasteiger partial charge in [-0.1, -0.05) is 0 Å². The maximum Gasteiger partial charge on any atom is 0.236 e. The molecule has 1 rings (SSSR count). The van der Waals surface area contributed by atoms with E-state index in [0.717, 1.165) is 19.4 Å². The molecular weight excluding hydrogens is 144 g/mol. The summed E-state index contributed by atoms with van der Waals surface area (Å²) in [5.74, 6) is 0.0955. The normalized spacial score (nSPS) is 20.5. The molecule has 1 fully saturated rings. The summed E-state index contributed by atoms with van der Waals surface area (Å²) in [7, 11) is 1.78. The van der Waals surface area contributed by atoms with Crippen molar-refractivity contribution in [3.8, 4) is 0 Å². The molecule has 1 saturated heterocycles. The van der Waals surface area contributed by atoms with E-state index in [-0.39, 0.29) is 5.91 Å². The molecule has 0 aromatic carbocycles. The second-order valence-electron chi connectivity index (χ2n) is 2.72. The Morgan fingerprint density at radius 3 is 2.82 bits per heavy atom. The van der Waals surface area contributed by atoms with Crippen LogP contribution in [-0.4, -0.2) is 55.2 Å². The third-order valence-electron chi connectivity index (χ3n) is 1.87. The molecule has 4 heteroatoms. The average Bonchev–Trinajstić information content (AvgIpc) is 1.98. The zero-order valence-electron chi connectivity index (χ0n) is 6.62. The Morgan fingerprint density at radius 1 is 1.55 bits per heavy atom. The molecule has 1 aliphatic rings. The van der Waals surface area contributed by atoms with E-state index in [0.29, 0.717) is 13.1 Å². The van der Waals surface area contributed by atoms with Gasteiger partial charge in [-0.15, -0.1) is 0 Å². The second kappa shape index (κ2) is 3.48. The number of piperazine rings is 1. The first kappa shape index (κ1) is 8.20. The van der Waals surface area contributed by atoms with Crippen LogP contribution in [0.1, 0.15) is 0 Å². The van der Waals surface area contributed by atoms with Gasteiger partial charge in [0.05, 0.1) is 13.1 Å². The SMILES string of the molecule is CN1CCN(CC=O)CC1=O. The first-order chi connectivity index (χ1) is 5.24. The Labute approximate surface area is 65.8 Å². The minimum absolute atomic E-state index is 0.0955. The molecular formula is C7H12N2O2. The van der Waals surface area contributed by atoms with Gasteiger partial charge in [-0.25, -0.2) is 0 Å². The van der Waals surface area contributed by atoms with Crippen molar-refractivity contribution in [1.82, 2.24) is 9.80 Å². The summed E-state index contributed by atoms with van der Waals surface area (Å²) in [5, 5.41) is 0. The zero-order chi connectivity index (χ0) is 8.27. The molecule has 0 bridgehead atoms. The molecule has 1 aliphatic heterocycles. The highest BCUT2D eigenvalue weighted by Crippen LogP contribution is 1.98. The molecule has 1 amide bonds. The van der Waals surface area contributed by atoms with Crippen LogP contribution in [0.25, 0.3) is 0 Å². The lowest BCUT2D eigenvalue weighted by Crippen LogP contribution is -2.48. The molecule has 0 spiro atoms. The number of carbonyl (C=O) groups is 2. The summed E-state index contributed by atoms with van der Waals surface area (Å²) in [4.78, 5) is 24.7. The second-order valence-corrected chi connectivity index (χ2v) is 2.72. The van der Waals surface area contributed by atoms with Crippen molar-refractivity contribution in [2.45, 2.75) is 0 Å². The van der Waals surface area contributed by atoms with E-state index in [1.165, 1.54) is 0 Å². The molecule has 4 nitrogen and oxygen atoms in total. The molecule has 0 radical (unpaired) electrons. The number of likely N-dealkylation sites (N-methyl/N-ethyl adjacent to an activating group) is 1. The molecule has 1 heterocycles. The minimum atomic E-state index is 0.0955. The summed E-state index contributed by atoms with van der Waals surface area (Å²) < 4.78 is 0. The lowest BCUT2D eigenvalue weighted by molar-refractivity contribution is -0.134. The Kier molecular flexibility index (Phi) is 2.59. The van der Waals surface area contributed by atoms with Gasteiger partial charge in [0, 0.05) is 20.1 Å². The Bertz CT molecular complexity index is 170. The standard InChI is InChI=1S/C7H12N2O2/c1-8-2-3-9(4-5-10)6-7(8)11/h5H,2-4,6H2,1H3. The number of hydrogen-bond donors (Lipinski definition) is 0. The molecule has 0 unspecified atom stereocenters. The largest absolute Gasteiger partial charge is 0.343 e. The maximum absolute atomic E-state index is 11.0. The topological polar surface area (TPSA) is 40.6 Å². The number of aldehydes is 1. The van der Waals surface area contributed by atoms with Gasteiger partial charge in [-0.05, 0) is 0 Å². The summed E-state index contributed by atoms with van der Waals surface area (Å²) in [6.45, 7) is 2.29. The summed E-state index contributed by atoms with van der Waals surface area (Å²) in [5.41, 5.74) is 0. The number of hydrogen-bond acceptors (Lipinski definition) is 3. The summed E-state index contributed by atoms with van der Waals surface area (Å²) in [6, 6.07) is 0. The van der Waals surface area contributed by atoms with Gasteiger partial charge in [0.1, 0.15) is 6.29 Å². The molecule has 0 saturated carbocycles. The maximum atomic E-state index is 11.0. The van der Waals surface area contributed by atoms with E-state index in [9.17, 15) is 9.59 Å². The average molecular weight is 156 g/mol. The van der Waals surface area contributed by atoms with E-state index < -0.39 is 0 Å². The summed E-state index contributed by atoms with van der Waals surface area (Å²) >= 11 is 0. The van der Waals surface area contributed by atoms with Gasteiger partial charge < -0.3 is 9.69 Å². The van der Waals surface area contributed by atoms with Crippen molar-refractivity contribution < 1.29 is 9.59 Å². The van der Waals surface area contributed by atoms with Crippen LogP contribution in [0.15, 0.2) is 0 Å². The highest BCUT2D eigenvalue weighted by atomic mass is 16.2. The molecule has 0 aromatic heterocycles. The van der Waals surface area contributed by atoms with Gasteiger partial charge in [0.15, 0.2) is 0 Å².